The van der Waals surface area contributed by atoms with Gasteiger partial charge in [-0.05, 0) is 24.3 Å². The van der Waals surface area contributed by atoms with Crippen LogP contribution in [-0.4, -0.2) is 22.2 Å². The van der Waals surface area contributed by atoms with E-state index in [-0.39, 0.29) is 11.8 Å². The fourth-order valence-corrected chi connectivity index (χ4v) is 2.48. The second-order valence-corrected chi connectivity index (χ2v) is 4.80. The Bertz CT molecular complexity index is 534. The molecule has 0 aliphatic rings. The summed E-state index contributed by atoms with van der Waals surface area (Å²) in [6, 6.07) is 7.56. The minimum absolute atomic E-state index is 0.182. The van der Waals surface area contributed by atoms with Crippen molar-refractivity contribution in [2.75, 3.05) is 7.11 Å². The predicted octanol–water partition coefficient (Wildman–Crippen LogP) is 2.78. The highest BCUT2D eigenvalue weighted by molar-refractivity contribution is 7.99. The monoisotopic (exact) mass is 282 g/mol. The summed E-state index contributed by atoms with van der Waals surface area (Å²) >= 11 is 7.32. The Balaban J connectivity index is 2.25. The highest BCUT2D eigenvalue weighted by Gasteiger charge is 2.10. The zero-order valence-electron chi connectivity index (χ0n) is 9.63. The van der Waals surface area contributed by atoms with Gasteiger partial charge in [0.2, 0.25) is 0 Å². The van der Waals surface area contributed by atoms with Gasteiger partial charge in [0.15, 0.2) is 0 Å². The molecule has 0 aliphatic carbocycles. The Kier molecular flexibility index (Phi) is 4.41. The van der Waals surface area contributed by atoms with Crippen LogP contribution in [0.4, 0.5) is 0 Å². The fourth-order valence-electron chi connectivity index (χ4n) is 1.35. The van der Waals surface area contributed by atoms with E-state index < -0.39 is 0 Å². The van der Waals surface area contributed by atoms with Crippen molar-refractivity contribution < 1.29 is 9.84 Å². The van der Waals surface area contributed by atoms with Crippen molar-refractivity contribution in [2.45, 2.75) is 16.5 Å². The van der Waals surface area contributed by atoms with Crippen LogP contribution >= 0.6 is 23.4 Å². The molecule has 0 saturated carbocycles. The van der Waals surface area contributed by atoms with Crippen molar-refractivity contribution in [2.24, 2.45) is 0 Å². The summed E-state index contributed by atoms with van der Waals surface area (Å²) in [6.07, 6.45) is 1.38. The van der Waals surface area contributed by atoms with Gasteiger partial charge in [0.05, 0.1) is 13.7 Å². The van der Waals surface area contributed by atoms with E-state index in [0.29, 0.717) is 10.6 Å². The topological polar surface area (TPSA) is 55.2 Å². The Morgan fingerprint density at radius 2 is 2.00 bits per heavy atom. The van der Waals surface area contributed by atoms with Crippen molar-refractivity contribution in [3.8, 4) is 5.75 Å². The van der Waals surface area contributed by atoms with E-state index in [2.05, 4.69) is 9.97 Å². The van der Waals surface area contributed by atoms with E-state index in [4.69, 9.17) is 16.3 Å². The number of methoxy groups -OCH3 is 1. The number of ether oxygens (including phenoxy) is 1. The van der Waals surface area contributed by atoms with Gasteiger partial charge in [-0.2, -0.15) is 0 Å². The van der Waals surface area contributed by atoms with Crippen LogP contribution in [-0.2, 0) is 6.61 Å². The van der Waals surface area contributed by atoms with Crippen molar-refractivity contribution in [1.82, 2.24) is 9.97 Å². The Morgan fingerprint density at radius 1 is 1.28 bits per heavy atom. The van der Waals surface area contributed by atoms with Crippen molar-refractivity contribution >= 4 is 23.4 Å². The minimum atomic E-state index is -0.182. The van der Waals surface area contributed by atoms with Gasteiger partial charge in [-0.3, -0.25) is 0 Å². The molecule has 0 bridgehead atoms. The van der Waals surface area contributed by atoms with E-state index in [0.717, 1.165) is 10.6 Å². The van der Waals surface area contributed by atoms with Gasteiger partial charge in [-0.25, -0.2) is 9.97 Å². The first-order valence-corrected chi connectivity index (χ1v) is 6.36. The molecular weight excluding hydrogens is 272 g/mol. The average Bonchev–Trinajstić information content (AvgIpc) is 2.40. The van der Waals surface area contributed by atoms with E-state index >= 15 is 0 Å². The Hall–Kier alpha value is -1.30. The summed E-state index contributed by atoms with van der Waals surface area (Å²) in [4.78, 5) is 8.95. The number of benzene rings is 1. The van der Waals surface area contributed by atoms with E-state index in [1.54, 1.807) is 7.11 Å². The fraction of sp³-hybridized carbons (Fsp3) is 0.167. The molecule has 0 atom stereocenters. The lowest BCUT2D eigenvalue weighted by atomic mass is 10.3. The lowest BCUT2D eigenvalue weighted by Crippen LogP contribution is -1.95. The van der Waals surface area contributed by atoms with Gasteiger partial charge in [0, 0.05) is 10.5 Å². The number of halogens is 1. The summed E-state index contributed by atoms with van der Waals surface area (Å²) in [7, 11) is 1.62. The molecular formula is C12H11ClN2O2S. The van der Waals surface area contributed by atoms with E-state index in [1.165, 1.54) is 18.1 Å². The summed E-state index contributed by atoms with van der Waals surface area (Å²) < 4.78 is 5.09. The molecule has 4 nitrogen and oxygen atoms in total. The van der Waals surface area contributed by atoms with Crippen LogP contribution in [0.15, 0.2) is 40.5 Å². The number of nitrogens with zero attached hydrogens (tertiary/aromatic N) is 2. The second-order valence-electron chi connectivity index (χ2n) is 3.38. The molecule has 1 aromatic heterocycles. The molecule has 18 heavy (non-hydrogen) atoms. The number of rotatable bonds is 4. The van der Waals surface area contributed by atoms with Crippen molar-refractivity contribution in [3.63, 3.8) is 0 Å². The largest absolute Gasteiger partial charge is 0.497 e. The molecule has 2 rings (SSSR count). The zero-order valence-corrected chi connectivity index (χ0v) is 11.2. The van der Waals surface area contributed by atoms with Gasteiger partial charge in [0.1, 0.15) is 22.3 Å². The smallest absolute Gasteiger partial charge is 0.139 e. The molecule has 0 amide bonds. The third-order valence-corrected chi connectivity index (χ3v) is 3.66. The maximum atomic E-state index is 9.26. The first-order valence-electron chi connectivity index (χ1n) is 5.16. The third-order valence-electron chi connectivity index (χ3n) is 2.29. The number of aliphatic hydroxyl groups is 1. The molecule has 0 radical (unpaired) electrons. The maximum absolute atomic E-state index is 9.26. The van der Waals surface area contributed by atoms with Gasteiger partial charge in [-0.15, -0.1) is 0 Å². The molecule has 94 valence electrons. The average molecular weight is 283 g/mol. The molecule has 0 aliphatic heterocycles. The number of aliphatic hydroxyl groups excluding tert-OH is 1. The highest BCUT2D eigenvalue weighted by Crippen LogP contribution is 2.31. The van der Waals surface area contributed by atoms with Crippen LogP contribution in [0.5, 0.6) is 5.75 Å². The minimum Gasteiger partial charge on any atom is -0.497 e. The molecule has 6 heteroatoms. The second kappa shape index (κ2) is 6.04. The summed E-state index contributed by atoms with van der Waals surface area (Å²) in [5, 5.41) is 10.2. The molecule has 1 aromatic carbocycles. The summed E-state index contributed by atoms with van der Waals surface area (Å²) in [6.45, 7) is -0.182. The molecule has 1 heterocycles. The third kappa shape index (κ3) is 2.93. The normalized spacial score (nSPS) is 10.4. The highest BCUT2D eigenvalue weighted by atomic mass is 35.5. The number of hydrogen-bond donors (Lipinski definition) is 1. The van der Waals surface area contributed by atoms with Gasteiger partial charge >= 0.3 is 0 Å². The summed E-state index contributed by atoms with van der Waals surface area (Å²) in [5.74, 6) is 0.794. The van der Waals surface area contributed by atoms with E-state index in [9.17, 15) is 5.11 Å². The SMILES string of the molecule is COc1ccc(Sc2ncnc(Cl)c2CO)cc1. The number of aromatic nitrogens is 2. The molecule has 1 N–H and O–H groups in total. The zero-order chi connectivity index (χ0) is 13.0. The van der Waals surface area contributed by atoms with Crippen molar-refractivity contribution in [3.05, 3.63) is 41.3 Å². The predicted molar refractivity (Wildman–Crippen MR) is 70.1 cm³/mol. The molecule has 0 fully saturated rings. The quantitative estimate of drug-likeness (QED) is 0.874. The first kappa shape index (κ1) is 13.1. The van der Waals surface area contributed by atoms with Crippen LogP contribution in [0.25, 0.3) is 0 Å². The van der Waals surface area contributed by atoms with Crippen LogP contribution in [0.2, 0.25) is 5.15 Å². The van der Waals surface area contributed by atoms with Crippen molar-refractivity contribution in [1.29, 1.82) is 0 Å². The summed E-state index contributed by atoms with van der Waals surface area (Å²) in [5.41, 5.74) is 0.542. The van der Waals surface area contributed by atoms with Crippen LogP contribution in [0.1, 0.15) is 5.56 Å². The Morgan fingerprint density at radius 3 is 2.61 bits per heavy atom. The molecule has 0 saturated heterocycles. The lowest BCUT2D eigenvalue weighted by Gasteiger charge is -2.07. The van der Waals surface area contributed by atoms with Crippen LogP contribution < -0.4 is 4.74 Å². The molecule has 0 unspecified atom stereocenters. The lowest BCUT2D eigenvalue weighted by molar-refractivity contribution is 0.277. The number of hydrogen-bond acceptors (Lipinski definition) is 5. The van der Waals surface area contributed by atoms with Crippen LogP contribution in [0, 0.1) is 0 Å². The van der Waals surface area contributed by atoms with Crippen LogP contribution in [0.3, 0.4) is 0 Å². The Labute approximate surface area is 114 Å². The standard InChI is InChI=1S/C12H11ClN2O2S/c1-17-8-2-4-9(5-3-8)18-12-10(6-16)11(13)14-7-15-12/h2-5,7,16H,6H2,1H3. The van der Waals surface area contributed by atoms with Gasteiger partial charge in [0.25, 0.3) is 0 Å². The molecule has 0 spiro atoms. The maximum Gasteiger partial charge on any atom is 0.139 e. The molecule has 2 aromatic rings. The van der Waals surface area contributed by atoms with Gasteiger partial charge < -0.3 is 9.84 Å². The first-order chi connectivity index (χ1) is 8.74. The van der Waals surface area contributed by atoms with E-state index in [1.807, 2.05) is 24.3 Å². The van der Waals surface area contributed by atoms with Gasteiger partial charge in [-0.1, -0.05) is 23.4 Å².